The van der Waals surface area contributed by atoms with Crippen molar-refractivity contribution in [1.82, 2.24) is 9.97 Å². The first kappa shape index (κ1) is 29.8. The Morgan fingerprint density at radius 2 is 1.10 bits per heavy atom. The quantitative estimate of drug-likeness (QED) is 0.169. The minimum absolute atomic E-state index is 0.0498. The fourth-order valence-electron chi connectivity index (χ4n) is 8.27. The SMILES string of the molecule is O=C(Cc1ccccc1[C@@H]1c2c([nH]c3ccccc23)[C@H](c2c[nH]c3ccccc23)c2ccccc2[C@H]1C(=O)c1ccccc1)c1ccccc1. The maximum Gasteiger partial charge on any atom is 0.171 e. The number of para-hydroxylation sites is 2. The van der Waals surface area contributed by atoms with Gasteiger partial charge in [-0.05, 0) is 45.5 Å². The number of aromatic amines is 2. The number of nitrogens with one attached hydrogen (secondary N) is 2. The molecule has 0 saturated heterocycles. The van der Waals surface area contributed by atoms with Crippen molar-refractivity contribution in [3.63, 3.8) is 0 Å². The van der Waals surface area contributed by atoms with Gasteiger partial charge in [0.2, 0.25) is 0 Å². The Hall–Kier alpha value is -6.26. The Kier molecular flexibility index (Phi) is 7.35. The largest absolute Gasteiger partial charge is 0.361 e. The summed E-state index contributed by atoms with van der Waals surface area (Å²) in [6.07, 6.45) is 2.36. The molecule has 0 radical (unpaired) electrons. The van der Waals surface area contributed by atoms with Gasteiger partial charge in [0.1, 0.15) is 0 Å². The smallest absolute Gasteiger partial charge is 0.171 e. The first-order valence-corrected chi connectivity index (χ1v) is 17.2. The van der Waals surface area contributed by atoms with Gasteiger partial charge in [0.25, 0.3) is 0 Å². The number of fused-ring (bicyclic) bond motifs is 5. The maximum absolute atomic E-state index is 15.2. The molecule has 0 aliphatic heterocycles. The summed E-state index contributed by atoms with van der Waals surface area (Å²) in [5.74, 6) is -1.02. The van der Waals surface area contributed by atoms with E-state index in [2.05, 4.69) is 101 Å². The highest BCUT2D eigenvalue weighted by atomic mass is 16.1. The normalized spacial score (nSPS) is 16.8. The minimum Gasteiger partial charge on any atom is -0.361 e. The molecule has 2 heterocycles. The third-order valence-corrected chi connectivity index (χ3v) is 10.5. The number of H-pyrrole nitrogens is 2. The number of Topliss-reactive ketones (excluding diaryl/α,β-unsaturated/α-hetero) is 2. The highest BCUT2D eigenvalue weighted by molar-refractivity contribution is 6.04. The summed E-state index contributed by atoms with van der Waals surface area (Å²) in [5.41, 5.74) is 10.8. The molecule has 6 aromatic carbocycles. The first-order valence-electron chi connectivity index (χ1n) is 17.2. The van der Waals surface area contributed by atoms with Crippen molar-refractivity contribution < 1.29 is 9.59 Å². The topological polar surface area (TPSA) is 65.7 Å². The van der Waals surface area contributed by atoms with E-state index in [9.17, 15) is 4.79 Å². The van der Waals surface area contributed by atoms with Crippen LogP contribution in [0.2, 0.25) is 0 Å². The van der Waals surface area contributed by atoms with Crippen LogP contribution in [-0.4, -0.2) is 21.5 Å². The number of carbonyl (C=O) groups excluding carboxylic acids is 2. The first-order chi connectivity index (χ1) is 24.7. The van der Waals surface area contributed by atoms with Gasteiger partial charge in [0.15, 0.2) is 11.6 Å². The van der Waals surface area contributed by atoms with E-state index in [0.717, 1.165) is 60.9 Å². The number of rotatable bonds is 7. The summed E-state index contributed by atoms with van der Waals surface area (Å²) in [6.45, 7) is 0. The second-order valence-electron chi connectivity index (χ2n) is 13.2. The molecule has 0 fully saturated rings. The predicted molar refractivity (Wildman–Crippen MR) is 200 cm³/mol. The summed E-state index contributed by atoms with van der Waals surface area (Å²) < 4.78 is 0. The van der Waals surface area contributed by atoms with Crippen molar-refractivity contribution in [2.75, 3.05) is 0 Å². The summed E-state index contributed by atoms with van der Waals surface area (Å²) in [6, 6.07) is 52.7. The second kappa shape index (κ2) is 12.3. The molecule has 3 atom stereocenters. The predicted octanol–water partition coefficient (Wildman–Crippen LogP) is 10.4. The molecule has 9 rings (SSSR count). The van der Waals surface area contributed by atoms with E-state index in [0.29, 0.717) is 11.1 Å². The van der Waals surface area contributed by atoms with Gasteiger partial charge in [0, 0.05) is 57.2 Å². The zero-order chi connectivity index (χ0) is 33.6. The molecular weight excluding hydrogens is 613 g/mol. The number of benzene rings is 6. The molecule has 50 heavy (non-hydrogen) atoms. The summed E-state index contributed by atoms with van der Waals surface area (Å²) >= 11 is 0. The average Bonchev–Trinajstić information content (AvgIpc) is 3.74. The summed E-state index contributed by atoms with van der Waals surface area (Å²) in [4.78, 5) is 36.5. The van der Waals surface area contributed by atoms with E-state index in [1.54, 1.807) is 0 Å². The van der Waals surface area contributed by atoms with Gasteiger partial charge in [-0.1, -0.05) is 146 Å². The van der Waals surface area contributed by atoms with E-state index in [1.165, 1.54) is 0 Å². The van der Waals surface area contributed by atoms with Crippen molar-refractivity contribution in [3.8, 4) is 0 Å². The molecule has 0 amide bonds. The van der Waals surface area contributed by atoms with Gasteiger partial charge in [0.05, 0.1) is 11.8 Å². The van der Waals surface area contributed by atoms with Gasteiger partial charge >= 0.3 is 0 Å². The molecular formula is C46H34N2O2. The molecule has 4 nitrogen and oxygen atoms in total. The molecule has 0 spiro atoms. The molecule has 0 unspecified atom stereocenters. The van der Waals surface area contributed by atoms with Crippen LogP contribution in [0.25, 0.3) is 21.8 Å². The molecule has 8 aromatic rings. The zero-order valence-corrected chi connectivity index (χ0v) is 27.3. The summed E-state index contributed by atoms with van der Waals surface area (Å²) in [5, 5.41) is 2.23. The highest BCUT2D eigenvalue weighted by Gasteiger charge is 2.43. The molecule has 1 aliphatic carbocycles. The Balaban J connectivity index is 1.37. The van der Waals surface area contributed by atoms with Crippen LogP contribution in [0, 0.1) is 0 Å². The number of carbonyl (C=O) groups is 2. The van der Waals surface area contributed by atoms with Gasteiger partial charge in [-0.2, -0.15) is 0 Å². The number of hydrogen-bond donors (Lipinski definition) is 2. The van der Waals surface area contributed by atoms with Crippen LogP contribution >= 0.6 is 0 Å². The Morgan fingerprint density at radius 1 is 0.520 bits per heavy atom. The molecule has 4 heteroatoms. The monoisotopic (exact) mass is 646 g/mol. The van der Waals surface area contributed by atoms with Crippen LogP contribution in [-0.2, 0) is 6.42 Å². The van der Waals surface area contributed by atoms with E-state index in [-0.39, 0.29) is 29.8 Å². The van der Waals surface area contributed by atoms with Crippen LogP contribution in [0.4, 0.5) is 0 Å². The van der Waals surface area contributed by atoms with Crippen molar-refractivity contribution in [2.24, 2.45) is 0 Å². The van der Waals surface area contributed by atoms with Crippen molar-refractivity contribution >= 4 is 33.4 Å². The van der Waals surface area contributed by atoms with Gasteiger partial charge in [-0.3, -0.25) is 9.59 Å². The highest BCUT2D eigenvalue weighted by Crippen LogP contribution is 2.54. The van der Waals surface area contributed by atoms with Crippen molar-refractivity contribution in [1.29, 1.82) is 0 Å². The standard InChI is InChI=1S/C46H34N2O2/c49-40(29-15-3-1-4-16-29)27-31-19-7-8-20-32(31)42-43-36-24-12-14-26-39(36)48-45(43)41(37-28-47-38-25-13-11-21-33(37)38)34-22-9-10-23-35(34)44(42)46(50)30-17-5-2-6-18-30/h1-26,28,41-42,44,47-48H,27H2/t41-,42+,44+/m0/s1. The lowest BCUT2D eigenvalue weighted by molar-refractivity contribution is 0.0951. The van der Waals surface area contributed by atoms with Crippen LogP contribution in [0.3, 0.4) is 0 Å². The molecule has 0 saturated carbocycles. The molecule has 2 aromatic heterocycles. The third-order valence-electron chi connectivity index (χ3n) is 10.5. The molecule has 1 aliphatic rings. The number of ketones is 2. The maximum atomic E-state index is 15.2. The van der Waals surface area contributed by atoms with Gasteiger partial charge in [-0.15, -0.1) is 0 Å². The third kappa shape index (κ3) is 4.91. The number of hydrogen-bond acceptors (Lipinski definition) is 2. The molecule has 0 bridgehead atoms. The van der Waals surface area contributed by atoms with E-state index < -0.39 is 5.92 Å². The molecule has 240 valence electrons. The second-order valence-corrected chi connectivity index (χ2v) is 13.2. The zero-order valence-electron chi connectivity index (χ0n) is 27.3. The van der Waals surface area contributed by atoms with Crippen molar-refractivity contribution in [2.45, 2.75) is 24.2 Å². The average molecular weight is 647 g/mol. The van der Waals surface area contributed by atoms with Crippen LogP contribution in [0.15, 0.2) is 164 Å². The number of aromatic nitrogens is 2. The Labute approximate surface area is 290 Å². The Morgan fingerprint density at radius 3 is 1.86 bits per heavy atom. The van der Waals surface area contributed by atoms with Crippen LogP contribution in [0.1, 0.15) is 77.5 Å². The van der Waals surface area contributed by atoms with Crippen LogP contribution in [0.5, 0.6) is 0 Å². The Bertz CT molecular complexity index is 2520. The lowest BCUT2D eigenvalue weighted by Crippen LogP contribution is -2.23. The van der Waals surface area contributed by atoms with Gasteiger partial charge < -0.3 is 9.97 Å². The minimum atomic E-state index is -0.560. The van der Waals surface area contributed by atoms with Gasteiger partial charge in [-0.25, -0.2) is 0 Å². The van der Waals surface area contributed by atoms with E-state index in [1.807, 2.05) is 72.8 Å². The fraction of sp³-hybridized carbons (Fsp3) is 0.0870. The van der Waals surface area contributed by atoms with Crippen LogP contribution < -0.4 is 0 Å². The fourth-order valence-corrected chi connectivity index (χ4v) is 8.27. The van der Waals surface area contributed by atoms with E-state index >= 15 is 4.79 Å². The summed E-state index contributed by atoms with van der Waals surface area (Å²) in [7, 11) is 0. The molecule has 2 N–H and O–H groups in total. The lowest BCUT2D eigenvalue weighted by Gasteiger charge is -2.29. The van der Waals surface area contributed by atoms with Crippen molar-refractivity contribution in [3.05, 3.63) is 214 Å². The lowest BCUT2D eigenvalue weighted by atomic mass is 9.72. The van der Waals surface area contributed by atoms with E-state index in [4.69, 9.17) is 0 Å².